The van der Waals surface area contributed by atoms with E-state index in [1.807, 2.05) is 0 Å². The van der Waals surface area contributed by atoms with Crippen molar-refractivity contribution < 1.29 is 23.0 Å². The molecule has 0 spiro atoms. The van der Waals surface area contributed by atoms with E-state index in [2.05, 4.69) is 0 Å². The molecule has 20 heavy (non-hydrogen) atoms. The number of hydrogen-bond donors (Lipinski definition) is 1. The average molecular weight is 301 g/mol. The first-order valence-corrected chi connectivity index (χ1v) is 7.75. The maximum Gasteiger partial charge on any atom is 0.243 e. The van der Waals surface area contributed by atoms with Crippen molar-refractivity contribution in [1.82, 2.24) is 4.31 Å². The Morgan fingerprint density at radius 1 is 1.25 bits per heavy atom. The molecule has 1 aromatic rings. The van der Waals surface area contributed by atoms with E-state index >= 15 is 0 Å². The zero-order chi connectivity index (χ0) is 14.9. The first kappa shape index (κ1) is 15.1. The molecule has 1 saturated heterocycles. The molecule has 1 heterocycles. The van der Waals surface area contributed by atoms with E-state index in [0.717, 1.165) is 0 Å². The number of sulfonamides is 1. The molecular formula is C13H19NO5S. The van der Waals surface area contributed by atoms with E-state index in [4.69, 9.17) is 9.47 Å². The van der Waals surface area contributed by atoms with Gasteiger partial charge in [0.2, 0.25) is 10.0 Å². The Balaban J connectivity index is 2.46. The van der Waals surface area contributed by atoms with Crippen molar-refractivity contribution in [3.63, 3.8) is 0 Å². The van der Waals surface area contributed by atoms with Gasteiger partial charge in [-0.1, -0.05) is 0 Å². The van der Waals surface area contributed by atoms with Gasteiger partial charge in [0.05, 0.1) is 25.2 Å². The Labute approximate surface area is 119 Å². The molecule has 1 N–H and O–H groups in total. The Hall–Kier alpha value is -1.31. The van der Waals surface area contributed by atoms with Crippen molar-refractivity contribution in [2.45, 2.75) is 24.3 Å². The number of aliphatic hydroxyl groups is 1. The van der Waals surface area contributed by atoms with Gasteiger partial charge < -0.3 is 14.6 Å². The van der Waals surface area contributed by atoms with Gasteiger partial charge in [-0.05, 0) is 25.0 Å². The van der Waals surface area contributed by atoms with Crippen LogP contribution in [0, 0.1) is 6.92 Å². The molecule has 7 heteroatoms. The lowest BCUT2D eigenvalue weighted by Gasteiger charge is -2.19. The Morgan fingerprint density at radius 2 is 1.85 bits per heavy atom. The van der Waals surface area contributed by atoms with E-state index in [1.54, 1.807) is 13.0 Å². The van der Waals surface area contributed by atoms with Crippen LogP contribution in [0.3, 0.4) is 0 Å². The fourth-order valence-electron chi connectivity index (χ4n) is 2.31. The van der Waals surface area contributed by atoms with Crippen molar-refractivity contribution in [3.05, 3.63) is 17.7 Å². The van der Waals surface area contributed by atoms with Gasteiger partial charge in [0.25, 0.3) is 0 Å². The molecule has 0 bridgehead atoms. The van der Waals surface area contributed by atoms with Crippen LogP contribution in [0.5, 0.6) is 11.5 Å². The summed E-state index contributed by atoms with van der Waals surface area (Å²) in [6.45, 7) is 2.18. The Kier molecular flexibility index (Phi) is 4.22. The monoisotopic (exact) mass is 301 g/mol. The molecular weight excluding hydrogens is 282 g/mol. The molecule has 1 aromatic carbocycles. The van der Waals surface area contributed by atoms with Gasteiger partial charge in [-0.3, -0.25) is 0 Å². The summed E-state index contributed by atoms with van der Waals surface area (Å²) in [5.74, 6) is 0.863. The second kappa shape index (κ2) is 5.59. The highest BCUT2D eigenvalue weighted by atomic mass is 32.2. The smallest absolute Gasteiger partial charge is 0.243 e. The van der Waals surface area contributed by atoms with Crippen LogP contribution in [0.4, 0.5) is 0 Å². The van der Waals surface area contributed by atoms with Gasteiger partial charge in [0.15, 0.2) is 11.5 Å². The minimum atomic E-state index is -3.62. The van der Waals surface area contributed by atoms with Gasteiger partial charge in [0.1, 0.15) is 0 Å². The van der Waals surface area contributed by atoms with Gasteiger partial charge in [-0.15, -0.1) is 0 Å². The Morgan fingerprint density at radius 3 is 2.35 bits per heavy atom. The zero-order valence-corrected chi connectivity index (χ0v) is 12.6. The predicted molar refractivity (Wildman–Crippen MR) is 73.7 cm³/mol. The topological polar surface area (TPSA) is 76.1 Å². The summed E-state index contributed by atoms with van der Waals surface area (Å²) in [4.78, 5) is 0.184. The average Bonchev–Trinajstić information content (AvgIpc) is 2.85. The van der Waals surface area contributed by atoms with Gasteiger partial charge in [0, 0.05) is 19.2 Å². The summed E-state index contributed by atoms with van der Waals surface area (Å²) in [5.41, 5.74) is 0.587. The predicted octanol–water partition coefficient (Wildman–Crippen LogP) is 0.768. The normalized spacial score (nSPS) is 20.1. The van der Waals surface area contributed by atoms with Crippen molar-refractivity contribution in [1.29, 1.82) is 0 Å². The fraction of sp³-hybridized carbons (Fsp3) is 0.538. The number of β-amino-alcohol motifs (C(OH)–C–C–N with tert-alkyl or cyclic N) is 1. The third kappa shape index (κ3) is 2.61. The van der Waals surface area contributed by atoms with Crippen LogP contribution in [0.2, 0.25) is 0 Å². The van der Waals surface area contributed by atoms with Gasteiger partial charge in [-0.25, -0.2) is 8.42 Å². The number of methoxy groups -OCH3 is 2. The molecule has 1 aliphatic heterocycles. The second-order valence-electron chi connectivity index (χ2n) is 4.78. The summed E-state index contributed by atoms with van der Waals surface area (Å²) < 4.78 is 36.8. The molecule has 0 aliphatic carbocycles. The molecule has 1 atom stereocenters. The first-order valence-electron chi connectivity index (χ1n) is 6.31. The standard InChI is InChI=1S/C13H19NO5S/c1-9-6-11(18-2)12(19-3)7-13(9)20(16,17)14-5-4-10(15)8-14/h6-7,10,15H,4-5,8H2,1-3H3/t10-/m0/s1. The van der Waals surface area contributed by atoms with Crippen molar-refractivity contribution in [2.24, 2.45) is 0 Å². The molecule has 0 aromatic heterocycles. The van der Waals surface area contributed by atoms with Crippen LogP contribution in [0.1, 0.15) is 12.0 Å². The maximum absolute atomic E-state index is 12.6. The molecule has 1 aliphatic rings. The van der Waals surface area contributed by atoms with E-state index in [9.17, 15) is 13.5 Å². The Bertz CT molecular complexity index is 599. The van der Waals surface area contributed by atoms with Crippen LogP contribution in [-0.4, -0.2) is 51.2 Å². The summed E-state index contributed by atoms with van der Waals surface area (Å²) in [6, 6.07) is 3.10. The van der Waals surface area contributed by atoms with Crippen LogP contribution in [-0.2, 0) is 10.0 Å². The summed E-state index contributed by atoms with van der Waals surface area (Å²) in [7, 11) is -0.658. The third-order valence-electron chi connectivity index (χ3n) is 3.43. The molecule has 2 rings (SSSR count). The van der Waals surface area contributed by atoms with E-state index in [1.165, 1.54) is 24.6 Å². The number of rotatable bonds is 4. The highest BCUT2D eigenvalue weighted by molar-refractivity contribution is 7.89. The van der Waals surface area contributed by atoms with E-state index in [-0.39, 0.29) is 11.4 Å². The first-order chi connectivity index (χ1) is 9.40. The molecule has 112 valence electrons. The highest BCUT2D eigenvalue weighted by Crippen LogP contribution is 2.34. The molecule has 0 unspecified atom stereocenters. The number of benzene rings is 1. The summed E-state index contributed by atoms with van der Waals surface area (Å²) >= 11 is 0. The van der Waals surface area contributed by atoms with Crippen LogP contribution >= 0.6 is 0 Å². The van der Waals surface area contributed by atoms with E-state index < -0.39 is 16.1 Å². The summed E-state index contributed by atoms with van der Waals surface area (Å²) in [5, 5.41) is 9.51. The number of hydrogen-bond acceptors (Lipinski definition) is 5. The lowest BCUT2D eigenvalue weighted by molar-refractivity contribution is 0.189. The number of aliphatic hydroxyl groups excluding tert-OH is 1. The lowest BCUT2D eigenvalue weighted by atomic mass is 10.2. The molecule has 0 amide bonds. The molecule has 1 fully saturated rings. The van der Waals surface area contributed by atoms with Crippen LogP contribution in [0.25, 0.3) is 0 Å². The lowest BCUT2D eigenvalue weighted by Crippen LogP contribution is -2.30. The molecule has 0 radical (unpaired) electrons. The molecule has 6 nitrogen and oxygen atoms in total. The second-order valence-corrected chi connectivity index (χ2v) is 6.68. The van der Waals surface area contributed by atoms with Crippen molar-refractivity contribution >= 4 is 10.0 Å². The van der Waals surface area contributed by atoms with Crippen LogP contribution < -0.4 is 9.47 Å². The van der Waals surface area contributed by atoms with Gasteiger partial charge >= 0.3 is 0 Å². The third-order valence-corrected chi connectivity index (χ3v) is 5.43. The zero-order valence-electron chi connectivity index (χ0n) is 11.8. The quantitative estimate of drug-likeness (QED) is 0.889. The van der Waals surface area contributed by atoms with Crippen molar-refractivity contribution in [2.75, 3.05) is 27.3 Å². The van der Waals surface area contributed by atoms with E-state index in [0.29, 0.717) is 30.0 Å². The maximum atomic E-state index is 12.6. The summed E-state index contributed by atoms with van der Waals surface area (Å²) in [6.07, 6.45) is -0.129. The minimum Gasteiger partial charge on any atom is -0.493 e. The number of nitrogens with zero attached hydrogens (tertiary/aromatic N) is 1. The van der Waals surface area contributed by atoms with Crippen molar-refractivity contribution in [3.8, 4) is 11.5 Å². The minimum absolute atomic E-state index is 0.135. The van der Waals surface area contributed by atoms with Gasteiger partial charge in [-0.2, -0.15) is 4.31 Å². The number of aryl methyl sites for hydroxylation is 1. The van der Waals surface area contributed by atoms with Crippen LogP contribution in [0.15, 0.2) is 17.0 Å². The number of ether oxygens (including phenoxy) is 2. The SMILES string of the molecule is COc1cc(C)c(S(=O)(=O)N2CC[C@H](O)C2)cc1OC. The largest absolute Gasteiger partial charge is 0.493 e. The molecule has 0 saturated carbocycles. The fourth-order valence-corrected chi connectivity index (χ4v) is 4.02. The highest BCUT2D eigenvalue weighted by Gasteiger charge is 2.33.